The number of hydrazine groups is 2. The van der Waals surface area contributed by atoms with Crippen LogP contribution in [0.5, 0.6) is 0 Å². The number of carbonyl (C=O) groups excluding carboxylic acids is 2. The van der Waals surface area contributed by atoms with Gasteiger partial charge in [-0.1, -0.05) is 167 Å². The van der Waals surface area contributed by atoms with Crippen molar-refractivity contribution in [2.45, 2.75) is 288 Å². The van der Waals surface area contributed by atoms with Crippen LogP contribution < -0.4 is 70.6 Å². The van der Waals surface area contributed by atoms with Crippen molar-refractivity contribution in [2.24, 2.45) is 17.2 Å². The molecule has 0 unspecified atom stereocenters. The van der Waals surface area contributed by atoms with Gasteiger partial charge < -0.3 is 69.9 Å². The summed E-state index contributed by atoms with van der Waals surface area (Å²) >= 11 is 0. The highest BCUT2D eigenvalue weighted by Crippen LogP contribution is 2.37. The van der Waals surface area contributed by atoms with Crippen LogP contribution >= 0.6 is 0 Å². The topological polar surface area (TPSA) is 276 Å². The monoisotopic (exact) mass is 1220 g/mol. The summed E-state index contributed by atoms with van der Waals surface area (Å²) in [5.74, 6) is -2.36. The van der Waals surface area contributed by atoms with E-state index >= 15 is 0 Å². The second kappa shape index (κ2) is 66.9. The van der Waals surface area contributed by atoms with Crippen molar-refractivity contribution < 1.29 is 19.8 Å². The van der Waals surface area contributed by atoms with E-state index in [-0.39, 0.29) is 6.54 Å². The Labute approximate surface area is 529 Å². The molecule has 0 fully saturated rings. The minimum absolute atomic E-state index is 0.139. The number of hydrogen-bond donors (Lipinski definition) is 15. The lowest BCUT2D eigenvalue weighted by molar-refractivity contribution is -0.264. The Morgan fingerprint density at radius 1 is 0.337 bits per heavy atom. The Morgan fingerprint density at radius 3 is 0.919 bits per heavy atom. The van der Waals surface area contributed by atoms with Crippen LogP contribution in [0.4, 0.5) is 9.59 Å². The average Bonchev–Trinajstić information content (AvgIpc) is 3.12. The van der Waals surface area contributed by atoms with Gasteiger partial charge in [-0.2, -0.15) is 0 Å². The number of amides is 4. The fourth-order valence-corrected chi connectivity index (χ4v) is 10.8. The second-order valence-electron chi connectivity index (χ2n) is 24.5. The maximum atomic E-state index is 14.1. The zero-order chi connectivity index (χ0) is 62.6. The third-order valence-corrected chi connectivity index (χ3v) is 16.4. The molecule has 0 aliphatic rings. The molecule has 0 radical (unpaired) electrons. The van der Waals surface area contributed by atoms with Gasteiger partial charge in [0.2, 0.25) is 0 Å². The van der Waals surface area contributed by atoms with Crippen LogP contribution in [-0.2, 0) is 0 Å². The molecular formula is C68H144N14O4. The fourth-order valence-electron chi connectivity index (χ4n) is 10.8. The third-order valence-electron chi connectivity index (χ3n) is 16.4. The van der Waals surface area contributed by atoms with Gasteiger partial charge in [-0.05, 0) is 226 Å². The SMILES string of the molecule is CCCCCCCC/C=C\CCCCCCCCC(CCCCCCCC/C=C\CCCCCCCC)(N(NC(=O)NCCCNCCCCNCCCN)NC(=O)NCCCNCCCCNCCCN)C(O)(O)CNCCCCNCCCN. The molecule has 0 aliphatic heterocycles. The molecule has 0 saturated heterocycles. The number of hydrogen-bond acceptors (Lipinski definition) is 14. The van der Waals surface area contributed by atoms with E-state index in [4.69, 9.17) is 17.2 Å². The zero-order valence-electron chi connectivity index (χ0n) is 56.2. The minimum Gasteiger partial charge on any atom is -0.363 e. The first-order valence-electron chi connectivity index (χ1n) is 36.2. The summed E-state index contributed by atoms with van der Waals surface area (Å²) in [5.41, 5.74) is 21.5. The summed E-state index contributed by atoms with van der Waals surface area (Å²) in [6.07, 6.45) is 53.0. The lowest BCUT2D eigenvalue weighted by Gasteiger charge is -2.50. The predicted molar refractivity (Wildman–Crippen MR) is 368 cm³/mol. The Bertz CT molecular complexity index is 1380. The minimum atomic E-state index is -2.36. The molecule has 0 spiro atoms. The van der Waals surface area contributed by atoms with Crippen LogP contribution in [0.15, 0.2) is 24.3 Å². The quantitative estimate of drug-likeness (QED) is 0.0117. The summed E-state index contributed by atoms with van der Waals surface area (Å²) in [6.45, 7) is 16.7. The van der Waals surface area contributed by atoms with E-state index in [1.807, 2.05) is 0 Å². The van der Waals surface area contributed by atoms with E-state index in [0.717, 1.165) is 200 Å². The number of rotatable bonds is 70. The molecule has 86 heavy (non-hydrogen) atoms. The highest BCUT2D eigenvalue weighted by atomic mass is 16.5. The Balaban J connectivity index is 6.41. The van der Waals surface area contributed by atoms with E-state index in [9.17, 15) is 19.8 Å². The zero-order valence-corrected chi connectivity index (χ0v) is 56.2. The number of nitrogens with two attached hydrogens (primary N) is 3. The number of carbonyl (C=O) groups is 2. The van der Waals surface area contributed by atoms with E-state index in [1.165, 1.54) is 95.0 Å². The van der Waals surface area contributed by atoms with Crippen LogP contribution in [0.3, 0.4) is 0 Å². The fraction of sp³-hybridized carbons (Fsp3) is 0.912. The Hall–Kier alpha value is -2.46. The molecule has 0 atom stereocenters. The predicted octanol–water partition coefficient (Wildman–Crippen LogP) is 10.7. The van der Waals surface area contributed by atoms with Crippen molar-refractivity contribution in [1.29, 1.82) is 0 Å². The van der Waals surface area contributed by atoms with E-state index < -0.39 is 23.4 Å². The molecule has 0 bridgehead atoms. The molecule has 18 nitrogen and oxygen atoms in total. The van der Waals surface area contributed by atoms with Crippen LogP contribution in [0.25, 0.3) is 0 Å². The summed E-state index contributed by atoms with van der Waals surface area (Å²) in [4.78, 5) is 28.3. The molecule has 4 amide bonds. The third kappa shape index (κ3) is 54.5. The van der Waals surface area contributed by atoms with Crippen molar-refractivity contribution in [2.75, 3.05) is 111 Å². The summed E-state index contributed by atoms with van der Waals surface area (Å²) < 4.78 is 0. The smallest absolute Gasteiger partial charge is 0.330 e. The van der Waals surface area contributed by atoms with Gasteiger partial charge in [0.1, 0.15) is 5.54 Å². The van der Waals surface area contributed by atoms with Gasteiger partial charge in [-0.25, -0.2) is 9.59 Å². The summed E-state index contributed by atoms with van der Waals surface area (Å²) in [7, 11) is 0. The molecule has 510 valence electrons. The van der Waals surface area contributed by atoms with Crippen LogP contribution in [-0.4, -0.2) is 150 Å². The molecule has 0 heterocycles. The molecule has 0 aromatic heterocycles. The summed E-state index contributed by atoms with van der Waals surface area (Å²) in [5, 5.41) is 53.7. The average molecular weight is 1220 g/mol. The molecule has 18 heteroatoms. The first kappa shape index (κ1) is 83.5. The van der Waals surface area contributed by atoms with Gasteiger partial charge in [0.25, 0.3) is 0 Å². The van der Waals surface area contributed by atoms with Crippen LogP contribution in [0.1, 0.15) is 277 Å². The van der Waals surface area contributed by atoms with Crippen molar-refractivity contribution in [1.82, 2.24) is 58.5 Å². The van der Waals surface area contributed by atoms with Crippen LogP contribution in [0.2, 0.25) is 0 Å². The van der Waals surface area contributed by atoms with Gasteiger partial charge in [-0.15, -0.1) is 5.12 Å². The van der Waals surface area contributed by atoms with E-state index in [2.05, 4.69) is 91.5 Å². The molecule has 0 aromatic rings. The largest absolute Gasteiger partial charge is 0.363 e. The number of aliphatic hydroxyl groups is 2. The standard InChI is InChI=1S/C68H144N14O4/c1-3-5-7-9-11-13-15-17-19-21-23-25-27-29-31-33-46-67(68(85,86)64-77-56-40-39-53-74-59-43-50-71,47-34-32-30-28-26-24-22-20-18-16-14-12-10-8-6-4-2)82(80-65(83)78-62-44-60-75-54-37-35-51-72-57-41-48-69)81-66(84)79-63-45-61-76-55-38-36-52-73-58-42-49-70/h17-20,72-77,85-86H,3-16,21-64,69-71H2,1-2H3,(H2,78,80,83)(H2,79,81,84)/b19-17-,20-18-. The van der Waals surface area contributed by atoms with Crippen molar-refractivity contribution in [3.63, 3.8) is 0 Å². The van der Waals surface area contributed by atoms with Crippen molar-refractivity contribution in [3.05, 3.63) is 24.3 Å². The van der Waals surface area contributed by atoms with Crippen LogP contribution in [0, 0.1) is 0 Å². The maximum Gasteiger partial charge on any atom is 0.330 e. The van der Waals surface area contributed by atoms with Crippen molar-refractivity contribution in [3.8, 4) is 0 Å². The number of nitrogens with zero attached hydrogens (tertiary/aromatic N) is 1. The number of urea groups is 2. The normalized spacial score (nSPS) is 12.2. The molecule has 0 rings (SSSR count). The molecular weight excluding hydrogens is 1080 g/mol. The Kier molecular flexibility index (Phi) is 65.0. The first-order chi connectivity index (χ1) is 42.2. The number of nitrogens with one attached hydrogen (secondary N) is 10. The van der Waals surface area contributed by atoms with Gasteiger partial charge >= 0.3 is 12.1 Å². The number of allylic oxidation sites excluding steroid dienone is 4. The van der Waals surface area contributed by atoms with E-state index in [1.54, 1.807) is 0 Å². The first-order valence-corrected chi connectivity index (χ1v) is 36.2. The molecule has 0 saturated carbocycles. The van der Waals surface area contributed by atoms with Gasteiger partial charge in [0.05, 0.1) is 6.54 Å². The lowest BCUT2D eigenvalue weighted by atomic mass is 9.78. The highest BCUT2D eigenvalue weighted by molar-refractivity contribution is 5.75. The van der Waals surface area contributed by atoms with Gasteiger partial charge in [0.15, 0.2) is 5.79 Å². The number of unbranched alkanes of at least 4 members (excludes halogenated alkanes) is 27. The highest BCUT2D eigenvalue weighted by Gasteiger charge is 2.54. The van der Waals surface area contributed by atoms with Gasteiger partial charge in [0, 0.05) is 13.1 Å². The van der Waals surface area contributed by atoms with E-state index in [0.29, 0.717) is 77.8 Å². The second-order valence-corrected chi connectivity index (χ2v) is 24.5. The molecule has 0 aromatic carbocycles. The van der Waals surface area contributed by atoms with Gasteiger partial charge in [-0.3, -0.25) is 10.9 Å². The Morgan fingerprint density at radius 2 is 0.605 bits per heavy atom. The summed E-state index contributed by atoms with van der Waals surface area (Å²) in [6, 6.07) is -1.02. The molecule has 0 aliphatic carbocycles. The van der Waals surface area contributed by atoms with Crippen molar-refractivity contribution >= 4 is 12.1 Å². The maximum absolute atomic E-state index is 14.1. The molecule has 18 N–H and O–H groups in total. The lowest BCUT2D eigenvalue weighted by Crippen LogP contribution is -2.76.